The van der Waals surface area contributed by atoms with E-state index in [2.05, 4.69) is 42.8 Å². The molecule has 19 nitrogen and oxygen atoms in total. The second-order valence-electron chi connectivity index (χ2n) is 23.5. The summed E-state index contributed by atoms with van der Waals surface area (Å²) < 4.78 is 54.3. The number of nitrogens with two attached hydrogens (primary N) is 2. The largest absolute Gasteiger partial charge is 0.365 e. The Hall–Kier alpha value is -8.23. The van der Waals surface area contributed by atoms with Crippen LogP contribution in [-0.4, -0.2) is 95.7 Å². The van der Waals surface area contributed by atoms with Crippen molar-refractivity contribution in [1.29, 1.82) is 21.0 Å². The fourth-order valence-corrected chi connectivity index (χ4v) is 11.8. The molecule has 0 bridgehead atoms. The summed E-state index contributed by atoms with van der Waals surface area (Å²) in [6.07, 6.45) is 8.62. The zero-order valence-corrected chi connectivity index (χ0v) is 54.5. The molecule has 0 radical (unpaired) electrons. The van der Waals surface area contributed by atoms with E-state index in [9.17, 15) is 36.7 Å². The lowest BCUT2D eigenvalue weighted by atomic mass is 9.98. The third-order valence-electron chi connectivity index (χ3n) is 16.7. The molecule has 6 aromatic rings. The first-order valence-corrected chi connectivity index (χ1v) is 31.6. The second kappa shape index (κ2) is 30.7. The number of nitriles is 4. The summed E-state index contributed by atoms with van der Waals surface area (Å²) in [5.41, 5.74) is 13.8. The molecule has 93 heavy (non-hydrogen) atoms. The zero-order valence-electron chi connectivity index (χ0n) is 50.7. The molecule has 6 aliphatic rings. The quantitative estimate of drug-likeness (QED) is 0.0341. The van der Waals surface area contributed by atoms with Gasteiger partial charge in [0.05, 0.1) is 56.6 Å². The minimum absolute atomic E-state index is 0.00593. The molecule has 0 spiro atoms. The molecular weight excluding hydrogens is 1310 g/mol. The Bertz CT molecular complexity index is 3870. The summed E-state index contributed by atoms with van der Waals surface area (Å²) in [6.45, 7) is 9.69. The molecular formula is C65H62Cl5F4N15O4. The number of pyridine rings is 4. The first kappa shape index (κ1) is 70.6. The average Bonchev–Trinajstić information content (AvgIpc) is 1.61. The van der Waals surface area contributed by atoms with Gasteiger partial charge < -0.3 is 27.4 Å². The van der Waals surface area contributed by atoms with E-state index in [-0.39, 0.29) is 125 Å². The normalized spacial score (nSPS) is 17.7. The number of rotatable bonds is 16. The minimum Gasteiger partial charge on any atom is -0.365 e. The maximum Gasteiger partial charge on any atom is 0.261 e. The molecule has 4 fully saturated rings. The van der Waals surface area contributed by atoms with E-state index in [0.717, 1.165) is 68.7 Å². The van der Waals surface area contributed by atoms with Crippen LogP contribution in [0.15, 0.2) is 72.8 Å². The highest BCUT2D eigenvalue weighted by molar-refractivity contribution is 6.33. The molecule has 4 aliphatic carbocycles. The number of benzene rings is 2. The highest BCUT2D eigenvalue weighted by atomic mass is 35.5. The van der Waals surface area contributed by atoms with Crippen molar-refractivity contribution in [2.75, 3.05) is 16.0 Å². The number of hydrogen-bond acceptors (Lipinski definition) is 17. The van der Waals surface area contributed by atoms with Gasteiger partial charge in [-0.05, 0) is 157 Å². The minimum atomic E-state index is -0.743. The Labute approximate surface area is 559 Å². The fraction of sp³-hybridized carbons (Fsp3) is 0.385. The number of halogens is 9. The van der Waals surface area contributed by atoms with Crippen molar-refractivity contribution in [3.8, 4) is 24.3 Å². The van der Waals surface area contributed by atoms with E-state index in [4.69, 9.17) is 90.5 Å². The number of amides is 4. The SMILES string of the molecule is C[C@@H](N)C(C1CC1)N1C(=O)c2ccccc2C1=O.C[C@@H](Nc1nc(Cl)c(C#N)cc1F)[C@@H](C)C1CC1.C[C@@H](Nc1nc(Cl)c(C#N)cc1F)[C@@H](N)C1CC1.C[C@@H](Nc1nc(Cl)c(C#N)cc1F)[C@H](C1CC1)N1C(=O)c2ccccc2C1=O.N#Cc1cc(F)c(Cl)nc1Cl. The van der Waals surface area contributed by atoms with Gasteiger partial charge in [0.2, 0.25) is 0 Å². The van der Waals surface area contributed by atoms with Crippen molar-refractivity contribution < 1.29 is 36.7 Å². The Kier molecular flexibility index (Phi) is 23.3. The van der Waals surface area contributed by atoms with Crippen molar-refractivity contribution in [3.05, 3.63) is 166 Å². The Morgan fingerprint density at radius 1 is 0.441 bits per heavy atom. The Morgan fingerprint density at radius 3 is 1.08 bits per heavy atom. The molecule has 1 unspecified atom stereocenters. The van der Waals surface area contributed by atoms with E-state index in [0.29, 0.717) is 40.0 Å². The lowest BCUT2D eigenvalue weighted by molar-refractivity contribution is 0.0531. The van der Waals surface area contributed by atoms with Crippen LogP contribution in [0, 0.1) is 98.2 Å². The molecule has 7 N–H and O–H groups in total. The molecule has 2 aliphatic heterocycles. The molecule has 4 saturated carbocycles. The summed E-state index contributed by atoms with van der Waals surface area (Å²) in [5, 5.41) is 43.1. The van der Waals surface area contributed by atoms with Crippen LogP contribution in [-0.2, 0) is 0 Å². The second-order valence-corrected chi connectivity index (χ2v) is 25.3. The van der Waals surface area contributed by atoms with Gasteiger partial charge in [-0.15, -0.1) is 0 Å². The van der Waals surface area contributed by atoms with Crippen LogP contribution >= 0.6 is 58.0 Å². The maximum absolute atomic E-state index is 14.3. The maximum atomic E-state index is 14.3. The van der Waals surface area contributed by atoms with Gasteiger partial charge in [-0.25, -0.2) is 37.5 Å². The van der Waals surface area contributed by atoms with E-state index >= 15 is 0 Å². The van der Waals surface area contributed by atoms with Crippen LogP contribution in [0.4, 0.5) is 35.0 Å². The molecule has 8 atom stereocenters. The number of aromatic nitrogens is 4. The van der Waals surface area contributed by atoms with E-state index in [1.165, 1.54) is 22.6 Å². The number of carbonyl (C=O) groups is 4. The van der Waals surface area contributed by atoms with Gasteiger partial charge >= 0.3 is 0 Å². The van der Waals surface area contributed by atoms with Crippen molar-refractivity contribution >= 4 is 99.1 Å². The van der Waals surface area contributed by atoms with Crippen LogP contribution in [0.5, 0.6) is 0 Å². The first-order valence-electron chi connectivity index (χ1n) is 29.7. The van der Waals surface area contributed by atoms with E-state index in [1.54, 1.807) is 79.7 Å². The summed E-state index contributed by atoms with van der Waals surface area (Å²) in [6, 6.07) is 23.7. The summed E-state index contributed by atoms with van der Waals surface area (Å²) in [5.74, 6) is -1.36. The number of hydrogen-bond donors (Lipinski definition) is 5. The molecule has 4 aromatic heterocycles. The Morgan fingerprint density at radius 2 is 0.742 bits per heavy atom. The van der Waals surface area contributed by atoms with Crippen LogP contribution in [0.1, 0.15) is 150 Å². The molecule has 484 valence electrons. The summed E-state index contributed by atoms with van der Waals surface area (Å²) in [7, 11) is 0. The standard InChI is InChI=1S/C20H16ClFN4O2.C14H16N2O2.C13H15ClFN3.C12H14ClFN4.C6HCl2FN2/c1-10(24-18-15(22)8-12(9-23)17(21)25-18)16(11-6-7-11)26-19(27)13-4-2-3-5-14(13)20(26)28;1-8(15)12(9-6-7-9)16-13(17)10-4-2-3-5-11(10)14(16)18;1-7(9-3-4-9)8(2)17-13-11(15)5-10(6-16)12(14)18-13;1-6(10(16)7-2-3-7)17-12-9(14)4-8(5-15)11(13)18-12;7-5-3(2-10)1-4(9)6(8)11-5/h2-5,8,10-11,16H,6-7H2,1H3,(H,24,25);2-5,8-9,12H,6-7,15H2,1H3;5,7-9H,3-4H2,1-2H3,(H,17,18);4,6-7,10H,2-3,16H2,1H3,(H,17,18);1H/t10-,16-;8-,12?;7-,8-;6-,10-;/m1111./s1. The number of carbonyl (C=O) groups excluding carboxylic acids is 4. The number of fused-ring (bicyclic) bond motifs is 2. The summed E-state index contributed by atoms with van der Waals surface area (Å²) in [4.78, 5) is 68.1. The van der Waals surface area contributed by atoms with E-state index < -0.39 is 35.4 Å². The molecule has 2 aromatic carbocycles. The molecule has 6 heterocycles. The topological polar surface area (TPSA) is 310 Å². The first-order chi connectivity index (χ1) is 44.2. The van der Waals surface area contributed by atoms with Gasteiger partial charge in [-0.2, -0.15) is 21.0 Å². The number of anilines is 3. The van der Waals surface area contributed by atoms with Crippen molar-refractivity contribution in [2.24, 2.45) is 41.1 Å². The fourth-order valence-electron chi connectivity index (χ4n) is 10.9. The van der Waals surface area contributed by atoms with Crippen LogP contribution in [0.2, 0.25) is 25.8 Å². The smallest absolute Gasteiger partial charge is 0.261 e. The van der Waals surface area contributed by atoms with Crippen LogP contribution < -0.4 is 27.4 Å². The highest BCUT2D eigenvalue weighted by Gasteiger charge is 2.49. The van der Waals surface area contributed by atoms with Gasteiger partial charge in [-0.1, -0.05) is 89.2 Å². The lowest BCUT2D eigenvalue weighted by Gasteiger charge is -2.32. The zero-order chi connectivity index (χ0) is 67.9. The average molecular weight is 1370 g/mol. The van der Waals surface area contributed by atoms with Gasteiger partial charge in [0.1, 0.15) is 44.9 Å². The van der Waals surface area contributed by atoms with Crippen LogP contribution in [0.3, 0.4) is 0 Å². The van der Waals surface area contributed by atoms with Gasteiger partial charge in [0, 0.05) is 30.2 Å². The Balaban J connectivity index is 0.000000154. The van der Waals surface area contributed by atoms with Crippen molar-refractivity contribution in [1.82, 2.24) is 29.7 Å². The number of imide groups is 2. The third-order valence-corrected chi connectivity index (χ3v) is 18.1. The van der Waals surface area contributed by atoms with Crippen molar-refractivity contribution in [3.63, 3.8) is 0 Å². The van der Waals surface area contributed by atoms with Crippen molar-refractivity contribution in [2.45, 2.75) is 128 Å². The van der Waals surface area contributed by atoms with E-state index in [1.807, 2.05) is 20.8 Å². The lowest BCUT2D eigenvalue weighted by Crippen LogP contribution is -2.50. The van der Waals surface area contributed by atoms with Gasteiger partial charge in [0.25, 0.3) is 23.6 Å². The predicted octanol–water partition coefficient (Wildman–Crippen LogP) is 13.3. The van der Waals surface area contributed by atoms with Gasteiger partial charge in [0.15, 0.2) is 45.9 Å². The van der Waals surface area contributed by atoms with Gasteiger partial charge in [-0.3, -0.25) is 29.0 Å². The number of nitrogens with one attached hydrogen (secondary N) is 3. The number of nitrogens with zero attached hydrogens (tertiary/aromatic N) is 10. The predicted molar refractivity (Wildman–Crippen MR) is 343 cm³/mol. The molecule has 28 heteroatoms. The van der Waals surface area contributed by atoms with Crippen LogP contribution in [0.25, 0.3) is 0 Å². The molecule has 0 saturated heterocycles. The monoisotopic (exact) mass is 1370 g/mol. The summed E-state index contributed by atoms with van der Waals surface area (Å²) >= 11 is 28.2. The third kappa shape index (κ3) is 17.0. The molecule has 12 rings (SSSR count). The highest BCUT2D eigenvalue weighted by Crippen LogP contribution is 2.43. The molecule has 4 amide bonds.